The summed E-state index contributed by atoms with van der Waals surface area (Å²) in [6.07, 6.45) is 0. The largest absolute Gasteiger partial charge is 0.508 e. The molecule has 1 amide bonds. The molecular weight excluding hydrogens is 336 g/mol. The molecule has 0 spiro atoms. The standard InChI is InChI=1S/C23H18N2O2/c26-21-12-6-4-10-18(21)22(20-13-15-7-2-5-11-19(15)24-20)25-14-16-8-1-3-9-17(16)23(25)27/h1-13,22,24,26H,14H2/t22-/m1/s1. The van der Waals surface area contributed by atoms with Crippen molar-refractivity contribution in [1.82, 2.24) is 9.88 Å². The fraction of sp³-hybridized carbons (Fsp3) is 0.0870. The van der Waals surface area contributed by atoms with Gasteiger partial charge in [0.2, 0.25) is 0 Å². The average Bonchev–Trinajstić information content (AvgIpc) is 3.26. The zero-order chi connectivity index (χ0) is 18.4. The Labute approximate surface area is 156 Å². The molecule has 3 aromatic carbocycles. The molecule has 1 atom stereocenters. The van der Waals surface area contributed by atoms with Crippen LogP contribution in [0, 0.1) is 0 Å². The third kappa shape index (κ3) is 2.49. The van der Waals surface area contributed by atoms with Gasteiger partial charge < -0.3 is 15.0 Å². The minimum Gasteiger partial charge on any atom is -0.508 e. The Morgan fingerprint density at radius 1 is 0.926 bits per heavy atom. The predicted octanol–water partition coefficient (Wildman–Crippen LogP) is 4.62. The van der Waals surface area contributed by atoms with E-state index in [-0.39, 0.29) is 11.7 Å². The second kappa shape index (κ2) is 6.02. The van der Waals surface area contributed by atoms with Gasteiger partial charge in [0.15, 0.2) is 0 Å². The van der Waals surface area contributed by atoms with Crippen LogP contribution < -0.4 is 0 Å². The molecule has 27 heavy (non-hydrogen) atoms. The fourth-order valence-electron chi connectivity index (χ4n) is 3.95. The number of fused-ring (bicyclic) bond motifs is 2. The van der Waals surface area contributed by atoms with Crippen LogP contribution in [0.3, 0.4) is 0 Å². The number of para-hydroxylation sites is 2. The van der Waals surface area contributed by atoms with Gasteiger partial charge in [-0.05, 0) is 35.2 Å². The molecule has 1 aliphatic rings. The van der Waals surface area contributed by atoms with Gasteiger partial charge in [0.25, 0.3) is 5.91 Å². The molecular formula is C23H18N2O2. The highest BCUT2D eigenvalue weighted by molar-refractivity contribution is 5.99. The Kier molecular flexibility index (Phi) is 3.50. The number of rotatable bonds is 3. The van der Waals surface area contributed by atoms with Crippen LogP contribution in [0.15, 0.2) is 78.9 Å². The number of nitrogens with one attached hydrogen (secondary N) is 1. The number of H-pyrrole nitrogens is 1. The summed E-state index contributed by atoms with van der Waals surface area (Å²) >= 11 is 0. The first-order valence-electron chi connectivity index (χ1n) is 8.97. The van der Waals surface area contributed by atoms with Gasteiger partial charge in [-0.1, -0.05) is 54.6 Å². The third-order valence-electron chi connectivity index (χ3n) is 5.24. The first-order valence-corrected chi connectivity index (χ1v) is 8.97. The molecule has 1 aliphatic heterocycles. The zero-order valence-corrected chi connectivity index (χ0v) is 14.6. The van der Waals surface area contributed by atoms with E-state index in [1.54, 1.807) is 12.1 Å². The maximum Gasteiger partial charge on any atom is 0.255 e. The van der Waals surface area contributed by atoms with E-state index in [0.29, 0.717) is 12.1 Å². The highest BCUT2D eigenvalue weighted by Crippen LogP contribution is 2.39. The lowest BCUT2D eigenvalue weighted by atomic mass is 10.0. The van der Waals surface area contributed by atoms with Crippen molar-refractivity contribution in [1.29, 1.82) is 0 Å². The van der Waals surface area contributed by atoms with E-state index >= 15 is 0 Å². The number of aromatic hydroxyl groups is 1. The van der Waals surface area contributed by atoms with Crippen molar-refractivity contribution in [3.63, 3.8) is 0 Å². The Hall–Kier alpha value is -3.53. The molecule has 0 aliphatic carbocycles. The van der Waals surface area contributed by atoms with Gasteiger partial charge in [0.05, 0.1) is 0 Å². The highest BCUT2D eigenvalue weighted by atomic mass is 16.3. The van der Waals surface area contributed by atoms with Crippen LogP contribution in [-0.2, 0) is 6.54 Å². The Morgan fingerprint density at radius 2 is 1.67 bits per heavy atom. The quantitative estimate of drug-likeness (QED) is 0.564. The lowest BCUT2D eigenvalue weighted by Gasteiger charge is -2.28. The molecule has 0 fully saturated rings. The summed E-state index contributed by atoms with van der Waals surface area (Å²) < 4.78 is 0. The van der Waals surface area contributed by atoms with Crippen LogP contribution in [-0.4, -0.2) is 20.9 Å². The van der Waals surface area contributed by atoms with E-state index in [9.17, 15) is 9.90 Å². The molecule has 4 heteroatoms. The van der Waals surface area contributed by atoms with Crippen molar-refractivity contribution in [3.8, 4) is 5.75 Å². The first kappa shape index (κ1) is 15.7. The van der Waals surface area contributed by atoms with Gasteiger partial charge in [-0.25, -0.2) is 0 Å². The smallest absolute Gasteiger partial charge is 0.255 e. The monoisotopic (exact) mass is 354 g/mol. The van der Waals surface area contributed by atoms with Crippen LogP contribution in [0.2, 0.25) is 0 Å². The van der Waals surface area contributed by atoms with Crippen molar-refractivity contribution < 1.29 is 9.90 Å². The molecule has 5 rings (SSSR count). The molecule has 0 unspecified atom stereocenters. The summed E-state index contributed by atoms with van der Waals surface area (Å²) in [5.41, 5.74) is 4.36. The van der Waals surface area contributed by atoms with Gasteiger partial charge in [-0.2, -0.15) is 0 Å². The number of phenols is 1. The second-order valence-electron chi connectivity index (χ2n) is 6.86. The van der Waals surface area contributed by atoms with E-state index in [4.69, 9.17) is 0 Å². The SMILES string of the molecule is O=C1c2ccccc2CN1[C@@H](c1cc2ccccc2[nH]1)c1ccccc1O. The molecule has 0 radical (unpaired) electrons. The summed E-state index contributed by atoms with van der Waals surface area (Å²) in [6.45, 7) is 0.517. The van der Waals surface area contributed by atoms with Gasteiger partial charge in [-0.15, -0.1) is 0 Å². The maximum absolute atomic E-state index is 13.1. The average molecular weight is 354 g/mol. The first-order chi connectivity index (χ1) is 13.2. The van der Waals surface area contributed by atoms with Gasteiger partial charge in [0.1, 0.15) is 11.8 Å². The number of nitrogens with zero attached hydrogens (tertiary/aromatic N) is 1. The van der Waals surface area contributed by atoms with Crippen LogP contribution >= 0.6 is 0 Å². The minimum absolute atomic E-state index is 0.0162. The topological polar surface area (TPSA) is 56.3 Å². The number of aromatic amines is 1. The second-order valence-corrected chi connectivity index (χ2v) is 6.86. The summed E-state index contributed by atoms with van der Waals surface area (Å²) in [4.78, 5) is 18.4. The number of amides is 1. The molecule has 0 saturated heterocycles. The number of phenolic OH excluding ortho intramolecular Hbond substituents is 1. The number of carbonyl (C=O) groups is 1. The van der Waals surface area contributed by atoms with Crippen LogP contribution in [0.25, 0.3) is 10.9 Å². The number of hydrogen-bond acceptors (Lipinski definition) is 2. The molecule has 0 saturated carbocycles. The van der Waals surface area contributed by atoms with Crippen LogP contribution in [0.1, 0.15) is 33.2 Å². The molecule has 2 heterocycles. The number of carbonyl (C=O) groups excluding carboxylic acids is 1. The van der Waals surface area contributed by atoms with E-state index in [2.05, 4.69) is 11.1 Å². The molecule has 4 nitrogen and oxygen atoms in total. The minimum atomic E-state index is -0.390. The lowest BCUT2D eigenvalue weighted by Crippen LogP contribution is -2.30. The normalized spacial score (nSPS) is 14.5. The number of hydrogen-bond donors (Lipinski definition) is 2. The van der Waals surface area contributed by atoms with E-state index in [1.807, 2.05) is 65.6 Å². The number of benzene rings is 3. The van der Waals surface area contributed by atoms with Gasteiger partial charge in [0, 0.05) is 28.9 Å². The molecule has 132 valence electrons. The molecule has 1 aromatic heterocycles. The summed E-state index contributed by atoms with van der Waals surface area (Å²) in [7, 11) is 0. The molecule has 0 bridgehead atoms. The third-order valence-corrected chi connectivity index (χ3v) is 5.24. The van der Waals surface area contributed by atoms with Gasteiger partial charge >= 0.3 is 0 Å². The number of aromatic nitrogens is 1. The van der Waals surface area contributed by atoms with Crippen molar-refractivity contribution in [2.45, 2.75) is 12.6 Å². The Morgan fingerprint density at radius 3 is 2.48 bits per heavy atom. The van der Waals surface area contributed by atoms with Crippen LogP contribution in [0.5, 0.6) is 5.75 Å². The Bertz CT molecular complexity index is 1130. The molecule has 2 N–H and O–H groups in total. The van der Waals surface area contributed by atoms with Crippen LogP contribution in [0.4, 0.5) is 0 Å². The summed E-state index contributed by atoms with van der Waals surface area (Å²) in [6, 6.07) is 24.6. The van der Waals surface area contributed by atoms with Crippen molar-refractivity contribution in [2.75, 3.05) is 0 Å². The Balaban J connectivity index is 1.68. The fourth-order valence-corrected chi connectivity index (χ4v) is 3.95. The molecule has 4 aromatic rings. The highest BCUT2D eigenvalue weighted by Gasteiger charge is 2.36. The summed E-state index contributed by atoms with van der Waals surface area (Å²) in [5, 5.41) is 11.6. The van der Waals surface area contributed by atoms with Crippen molar-refractivity contribution in [2.24, 2.45) is 0 Å². The van der Waals surface area contributed by atoms with E-state index in [0.717, 1.165) is 27.7 Å². The van der Waals surface area contributed by atoms with Crippen molar-refractivity contribution in [3.05, 3.63) is 101 Å². The van der Waals surface area contributed by atoms with Crippen molar-refractivity contribution >= 4 is 16.8 Å². The zero-order valence-electron chi connectivity index (χ0n) is 14.6. The summed E-state index contributed by atoms with van der Waals surface area (Å²) in [5.74, 6) is 0.169. The maximum atomic E-state index is 13.1. The van der Waals surface area contributed by atoms with Gasteiger partial charge in [-0.3, -0.25) is 4.79 Å². The van der Waals surface area contributed by atoms with E-state index in [1.165, 1.54) is 0 Å². The van der Waals surface area contributed by atoms with E-state index < -0.39 is 6.04 Å². The predicted molar refractivity (Wildman–Crippen MR) is 105 cm³/mol. The lowest BCUT2D eigenvalue weighted by molar-refractivity contribution is 0.0727.